The summed E-state index contributed by atoms with van der Waals surface area (Å²) in [5.74, 6) is 0.129. The monoisotopic (exact) mass is 317 g/mol. The molecule has 0 radical (unpaired) electrons. The van der Waals surface area contributed by atoms with E-state index < -0.39 is 28.2 Å². The molecule has 2 unspecified atom stereocenters. The molecular weight excluding hydrogens is 302 g/mol. The van der Waals surface area contributed by atoms with Gasteiger partial charge in [0.25, 0.3) is 17.2 Å². The minimum absolute atomic E-state index is 0.0320. The van der Waals surface area contributed by atoms with Gasteiger partial charge < -0.3 is 4.74 Å². The third-order valence-electron chi connectivity index (χ3n) is 3.23. The van der Waals surface area contributed by atoms with Crippen LogP contribution in [0.4, 0.5) is 0 Å². The number of nitrogens with one attached hydrogen (secondary N) is 1. The third-order valence-corrected chi connectivity index (χ3v) is 4.27. The van der Waals surface area contributed by atoms with Crippen LogP contribution >= 0.6 is 11.6 Å². The van der Waals surface area contributed by atoms with E-state index >= 15 is 0 Å². The van der Waals surface area contributed by atoms with E-state index in [2.05, 4.69) is 4.72 Å². The number of carbonyl (C=O) groups is 1. The summed E-state index contributed by atoms with van der Waals surface area (Å²) in [5.41, 5.74) is -1.87. The number of amides is 1. The summed E-state index contributed by atoms with van der Waals surface area (Å²) in [7, 11) is 0. The van der Waals surface area contributed by atoms with Gasteiger partial charge in [0.15, 0.2) is 0 Å². The molecule has 0 aliphatic carbocycles. The van der Waals surface area contributed by atoms with Gasteiger partial charge in [-0.1, -0.05) is 32.4 Å². The first-order chi connectivity index (χ1) is 9.24. The molecule has 1 amide bonds. The van der Waals surface area contributed by atoms with Crippen LogP contribution in [0.5, 0.6) is 5.75 Å². The first-order valence-electron chi connectivity index (χ1n) is 6.05. The molecule has 1 aliphatic rings. The van der Waals surface area contributed by atoms with Crippen molar-refractivity contribution in [3.63, 3.8) is 0 Å². The standard InChI is InChI=1S/C13H16ClNO4S/c1-12(2,3)13(11(16)15-20(17)19-13)8-18-10-6-4-9(14)5-7-10/h4-7H,8H2,1-3H3,(H,15,16). The summed E-state index contributed by atoms with van der Waals surface area (Å²) in [4.78, 5) is 12.1. The molecular formula is C13H16ClNO4S. The Hall–Kier alpha value is -1.11. The molecule has 0 spiro atoms. The molecule has 110 valence electrons. The van der Waals surface area contributed by atoms with Crippen molar-refractivity contribution in [2.75, 3.05) is 6.61 Å². The molecule has 1 fully saturated rings. The van der Waals surface area contributed by atoms with Crippen molar-refractivity contribution >= 4 is 28.8 Å². The summed E-state index contributed by atoms with van der Waals surface area (Å²) < 4.78 is 24.7. The van der Waals surface area contributed by atoms with E-state index in [1.54, 1.807) is 24.3 Å². The quantitative estimate of drug-likeness (QED) is 0.928. The average Bonchev–Trinajstić information content (AvgIpc) is 2.64. The van der Waals surface area contributed by atoms with Crippen molar-refractivity contribution in [1.82, 2.24) is 4.72 Å². The fourth-order valence-corrected chi connectivity index (χ4v) is 2.95. The van der Waals surface area contributed by atoms with Crippen LogP contribution in [-0.2, 0) is 20.2 Å². The number of benzene rings is 1. The highest BCUT2D eigenvalue weighted by Gasteiger charge is 2.57. The Balaban J connectivity index is 2.20. The fraction of sp³-hybridized carbons (Fsp3) is 0.462. The maximum atomic E-state index is 12.1. The molecule has 2 atom stereocenters. The van der Waals surface area contributed by atoms with E-state index in [0.29, 0.717) is 10.8 Å². The van der Waals surface area contributed by atoms with Crippen LogP contribution in [0.25, 0.3) is 0 Å². The Morgan fingerprint density at radius 3 is 2.40 bits per heavy atom. The molecule has 0 bridgehead atoms. The highest BCUT2D eigenvalue weighted by molar-refractivity contribution is 7.79. The van der Waals surface area contributed by atoms with Crippen LogP contribution in [0.2, 0.25) is 5.02 Å². The van der Waals surface area contributed by atoms with Crippen LogP contribution in [0, 0.1) is 5.41 Å². The van der Waals surface area contributed by atoms with Gasteiger partial charge in [-0.05, 0) is 24.3 Å². The van der Waals surface area contributed by atoms with Crippen molar-refractivity contribution in [3.05, 3.63) is 29.3 Å². The van der Waals surface area contributed by atoms with Crippen molar-refractivity contribution in [3.8, 4) is 5.75 Å². The zero-order valence-electron chi connectivity index (χ0n) is 11.4. The van der Waals surface area contributed by atoms with Crippen molar-refractivity contribution < 1.29 is 17.9 Å². The van der Waals surface area contributed by atoms with Crippen LogP contribution in [0.1, 0.15) is 20.8 Å². The number of hydrogen-bond donors (Lipinski definition) is 1. The predicted molar refractivity (Wildman–Crippen MR) is 76.5 cm³/mol. The molecule has 0 aromatic heterocycles. The summed E-state index contributed by atoms with van der Waals surface area (Å²) in [6.07, 6.45) is 0. The van der Waals surface area contributed by atoms with Crippen LogP contribution < -0.4 is 9.46 Å². The number of hydrogen-bond acceptors (Lipinski definition) is 4. The minimum atomic E-state index is -1.83. The topological polar surface area (TPSA) is 64.6 Å². The van der Waals surface area contributed by atoms with E-state index in [-0.39, 0.29) is 6.61 Å². The smallest absolute Gasteiger partial charge is 0.271 e. The molecule has 1 aliphatic heterocycles. The first kappa shape index (κ1) is 15.3. The predicted octanol–water partition coefficient (Wildman–Crippen LogP) is 2.23. The lowest BCUT2D eigenvalue weighted by molar-refractivity contribution is -0.143. The van der Waals surface area contributed by atoms with E-state index in [0.717, 1.165) is 0 Å². The van der Waals surface area contributed by atoms with E-state index in [1.165, 1.54) is 0 Å². The molecule has 7 heteroatoms. The van der Waals surface area contributed by atoms with Crippen LogP contribution in [-0.4, -0.2) is 22.3 Å². The molecule has 1 N–H and O–H groups in total. The molecule has 5 nitrogen and oxygen atoms in total. The summed E-state index contributed by atoms with van der Waals surface area (Å²) >= 11 is 3.97. The molecule has 0 saturated carbocycles. The van der Waals surface area contributed by atoms with Gasteiger partial charge in [-0.3, -0.25) is 8.98 Å². The van der Waals surface area contributed by atoms with Crippen LogP contribution in [0.15, 0.2) is 24.3 Å². The van der Waals surface area contributed by atoms with E-state index in [1.807, 2.05) is 20.8 Å². The zero-order valence-corrected chi connectivity index (χ0v) is 13.0. The second-order valence-electron chi connectivity index (χ2n) is 5.57. The van der Waals surface area contributed by atoms with Crippen LogP contribution in [0.3, 0.4) is 0 Å². The third kappa shape index (κ3) is 2.82. The van der Waals surface area contributed by atoms with Gasteiger partial charge in [0.2, 0.25) is 5.60 Å². The average molecular weight is 318 g/mol. The Morgan fingerprint density at radius 2 is 1.95 bits per heavy atom. The van der Waals surface area contributed by atoms with Crippen molar-refractivity contribution in [2.24, 2.45) is 5.41 Å². The number of rotatable bonds is 3. The minimum Gasteiger partial charge on any atom is -0.490 e. The SMILES string of the molecule is CC(C)(C)C1(COc2ccc(Cl)cc2)OS(=O)NC1=O. The summed E-state index contributed by atoms with van der Waals surface area (Å²) in [6.45, 7) is 5.47. The van der Waals surface area contributed by atoms with E-state index in [4.69, 9.17) is 20.5 Å². The Labute approximate surface area is 125 Å². The second kappa shape index (κ2) is 5.35. The van der Waals surface area contributed by atoms with E-state index in [9.17, 15) is 9.00 Å². The lowest BCUT2D eigenvalue weighted by atomic mass is 9.76. The Kier molecular flexibility index (Phi) is 4.09. The molecule has 1 saturated heterocycles. The van der Waals surface area contributed by atoms with Crippen molar-refractivity contribution in [2.45, 2.75) is 26.4 Å². The van der Waals surface area contributed by atoms with Gasteiger partial charge in [0, 0.05) is 10.4 Å². The summed E-state index contributed by atoms with van der Waals surface area (Å²) in [5, 5.41) is 0.596. The molecule has 20 heavy (non-hydrogen) atoms. The van der Waals surface area contributed by atoms with Gasteiger partial charge in [0.1, 0.15) is 12.4 Å². The van der Waals surface area contributed by atoms with Gasteiger partial charge in [0.05, 0.1) is 0 Å². The van der Waals surface area contributed by atoms with Gasteiger partial charge in [-0.2, -0.15) is 0 Å². The maximum Gasteiger partial charge on any atom is 0.271 e. The molecule has 1 heterocycles. The molecule has 2 rings (SSSR count). The Bertz CT molecular complexity index is 540. The number of halogens is 1. The molecule has 1 aromatic rings. The fourth-order valence-electron chi connectivity index (χ4n) is 1.83. The normalized spacial score (nSPS) is 26.4. The van der Waals surface area contributed by atoms with Crippen molar-refractivity contribution in [1.29, 1.82) is 0 Å². The lowest BCUT2D eigenvalue weighted by Gasteiger charge is -2.36. The van der Waals surface area contributed by atoms with Gasteiger partial charge in [-0.25, -0.2) is 8.93 Å². The second-order valence-corrected chi connectivity index (χ2v) is 6.85. The lowest BCUT2D eigenvalue weighted by Crippen LogP contribution is -2.54. The maximum absolute atomic E-state index is 12.1. The number of carbonyl (C=O) groups excluding carboxylic acids is 1. The Morgan fingerprint density at radius 1 is 1.35 bits per heavy atom. The summed E-state index contributed by atoms with van der Waals surface area (Å²) in [6, 6.07) is 6.77. The highest BCUT2D eigenvalue weighted by atomic mass is 35.5. The van der Waals surface area contributed by atoms with Gasteiger partial charge >= 0.3 is 0 Å². The molecule has 1 aromatic carbocycles. The number of ether oxygens (including phenoxy) is 1. The first-order valence-corrected chi connectivity index (χ1v) is 7.51. The highest BCUT2D eigenvalue weighted by Crippen LogP contribution is 2.38. The largest absolute Gasteiger partial charge is 0.490 e. The van der Waals surface area contributed by atoms with Gasteiger partial charge in [-0.15, -0.1) is 0 Å². The zero-order chi connectivity index (χ0) is 15.0.